The molecule has 0 amide bonds. The van der Waals surface area contributed by atoms with Crippen LogP contribution in [0, 0.1) is 5.82 Å². The first-order valence-electron chi connectivity index (χ1n) is 4.71. The van der Waals surface area contributed by atoms with Crippen LogP contribution in [-0.4, -0.2) is 36.6 Å². The number of nitrogens with one attached hydrogen (secondary N) is 1. The molecule has 0 aromatic carbocycles. The van der Waals surface area contributed by atoms with Crippen LogP contribution in [0.4, 0.5) is 10.2 Å². The molecule has 15 heavy (non-hydrogen) atoms. The van der Waals surface area contributed by atoms with E-state index in [1.54, 1.807) is 0 Å². The van der Waals surface area contributed by atoms with Crippen LogP contribution in [0.5, 0.6) is 0 Å². The fraction of sp³-hybridized carbons (Fsp3) is 0.500. The van der Waals surface area contributed by atoms with Crippen LogP contribution in [-0.2, 0) is 0 Å². The third-order valence-corrected chi connectivity index (χ3v) is 2.04. The fourth-order valence-electron chi connectivity index (χ4n) is 1.35. The van der Waals surface area contributed by atoms with Gasteiger partial charge in [0.1, 0.15) is 0 Å². The minimum absolute atomic E-state index is 0.128. The number of hydrogen-bond donors (Lipinski definition) is 1. The molecule has 0 aliphatic carbocycles. The predicted molar refractivity (Wildman–Crippen MR) is 60.8 cm³/mol. The van der Waals surface area contributed by atoms with Gasteiger partial charge in [-0.1, -0.05) is 11.6 Å². The summed E-state index contributed by atoms with van der Waals surface area (Å²) in [7, 11) is 3.92. The highest BCUT2D eigenvalue weighted by molar-refractivity contribution is 6.30. The van der Waals surface area contributed by atoms with Crippen LogP contribution in [0.25, 0.3) is 0 Å². The maximum Gasteiger partial charge on any atom is 0.166 e. The van der Waals surface area contributed by atoms with Crippen LogP contribution in [0.1, 0.15) is 6.92 Å². The normalized spacial score (nSPS) is 12.9. The van der Waals surface area contributed by atoms with Crippen molar-refractivity contribution in [3.05, 3.63) is 23.1 Å². The Morgan fingerprint density at radius 2 is 2.27 bits per heavy atom. The van der Waals surface area contributed by atoms with Gasteiger partial charge in [-0.05, 0) is 27.1 Å². The Morgan fingerprint density at radius 1 is 1.60 bits per heavy atom. The second-order valence-corrected chi connectivity index (χ2v) is 4.23. The van der Waals surface area contributed by atoms with Gasteiger partial charge in [0.2, 0.25) is 0 Å². The van der Waals surface area contributed by atoms with E-state index in [1.165, 1.54) is 12.3 Å². The average molecular weight is 232 g/mol. The highest BCUT2D eigenvalue weighted by Gasteiger charge is 2.08. The molecule has 0 saturated heterocycles. The van der Waals surface area contributed by atoms with Gasteiger partial charge in [-0.2, -0.15) is 0 Å². The van der Waals surface area contributed by atoms with Crippen molar-refractivity contribution in [3.63, 3.8) is 0 Å². The maximum atomic E-state index is 13.3. The van der Waals surface area contributed by atoms with E-state index >= 15 is 0 Å². The van der Waals surface area contributed by atoms with E-state index in [2.05, 4.69) is 10.3 Å². The van der Waals surface area contributed by atoms with Crippen molar-refractivity contribution >= 4 is 17.4 Å². The Hall–Kier alpha value is -0.870. The quantitative estimate of drug-likeness (QED) is 0.862. The van der Waals surface area contributed by atoms with Crippen molar-refractivity contribution in [2.24, 2.45) is 0 Å². The number of likely N-dealkylation sites (N-methyl/N-ethyl adjacent to an activating group) is 1. The first-order chi connectivity index (χ1) is 6.99. The molecule has 0 aliphatic rings. The third-order valence-electron chi connectivity index (χ3n) is 1.83. The van der Waals surface area contributed by atoms with Crippen LogP contribution >= 0.6 is 11.6 Å². The molecule has 1 N–H and O–H groups in total. The Kier molecular flexibility index (Phi) is 4.29. The van der Waals surface area contributed by atoms with Crippen LogP contribution in [0.15, 0.2) is 12.3 Å². The average Bonchev–Trinajstić information content (AvgIpc) is 2.08. The number of anilines is 1. The topological polar surface area (TPSA) is 28.2 Å². The number of pyridine rings is 1. The van der Waals surface area contributed by atoms with Crippen molar-refractivity contribution in [1.29, 1.82) is 0 Å². The summed E-state index contributed by atoms with van der Waals surface area (Å²) in [6.07, 6.45) is 1.43. The molecule has 1 aromatic heterocycles. The molecule has 0 saturated carbocycles. The van der Waals surface area contributed by atoms with Crippen molar-refractivity contribution in [2.45, 2.75) is 13.0 Å². The molecule has 84 valence electrons. The molecule has 0 aliphatic heterocycles. The summed E-state index contributed by atoms with van der Waals surface area (Å²) >= 11 is 5.60. The Labute approximate surface area is 94.3 Å². The van der Waals surface area contributed by atoms with Crippen LogP contribution in [0.2, 0.25) is 5.02 Å². The second-order valence-electron chi connectivity index (χ2n) is 3.79. The summed E-state index contributed by atoms with van der Waals surface area (Å²) in [4.78, 5) is 5.91. The van der Waals surface area contributed by atoms with Crippen molar-refractivity contribution < 1.29 is 4.39 Å². The Balaban J connectivity index is 2.64. The molecule has 1 heterocycles. The summed E-state index contributed by atoms with van der Waals surface area (Å²) in [6, 6.07) is 1.38. The highest BCUT2D eigenvalue weighted by atomic mass is 35.5. The zero-order valence-electron chi connectivity index (χ0n) is 9.09. The fourth-order valence-corrected chi connectivity index (χ4v) is 1.49. The van der Waals surface area contributed by atoms with E-state index in [1.807, 2.05) is 25.9 Å². The van der Waals surface area contributed by atoms with Gasteiger partial charge in [0.25, 0.3) is 0 Å². The predicted octanol–water partition coefficient (Wildman–Crippen LogP) is 2.24. The first kappa shape index (κ1) is 12.2. The largest absolute Gasteiger partial charge is 0.364 e. The molecular weight excluding hydrogens is 217 g/mol. The van der Waals surface area contributed by atoms with Crippen molar-refractivity contribution in [1.82, 2.24) is 9.88 Å². The van der Waals surface area contributed by atoms with Gasteiger partial charge in [0.15, 0.2) is 11.6 Å². The monoisotopic (exact) mass is 231 g/mol. The number of aromatic nitrogens is 1. The summed E-state index contributed by atoms with van der Waals surface area (Å²) in [6.45, 7) is 2.78. The summed E-state index contributed by atoms with van der Waals surface area (Å²) in [5.74, 6) is -0.179. The molecule has 1 unspecified atom stereocenters. The molecule has 1 atom stereocenters. The maximum absolute atomic E-state index is 13.3. The smallest absolute Gasteiger partial charge is 0.166 e. The molecule has 3 nitrogen and oxygen atoms in total. The second kappa shape index (κ2) is 5.28. The zero-order valence-corrected chi connectivity index (χ0v) is 9.85. The van der Waals surface area contributed by atoms with Gasteiger partial charge in [0.05, 0.1) is 5.02 Å². The number of rotatable bonds is 4. The van der Waals surface area contributed by atoms with E-state index in [4.69, 9.17) is 11.6 Å². The number of nitrogens with zero attached hydrogens (tertiary/aromatic N) is 2. The molecule has 5 heteroatoms. The van der Waals surface area contributed by atoms with Gasteiger partial charge in [-0.15, -0.1) is 0 Å². The number of halogens is 2. The van der Waals surface area contributed by atoms with Gasteiger partial charge >= 0.3 is 0 Å². The molecule has 1 aromatic rings. The highest BCUT2D eigenvalue weighted by Crippen LogP contribution is 2.16. The molecule has 0 bridgehead atoms. The van der Waals surface area contributed by atoms with E-state index in [0.29, 0.717) is 5.02 Å². The van der Waals surface area contributed by atoms with Gasteiger partial charge < -0.3 is 10.2 Å². The molecular formula is C10H15ClFN3. The van der Waals surface area contributed by atoms with Crippen LogP contribution in [0.3, 0.4) is 0 Å². The first-order valence-corrected chi connectivity index (χ1v) is 5.09. The lowest BCUT2D eigenvalue weighted by Gasteiger charge is -2.18. The van der Waals surface area contributed by atoms with Crippen molar-refractivity contribution in [2.75, 3.05) is 26.0 Å². The molecule has 0 fully saturated rings. The lowest BCUT2D eigenvalue weighted by molar-refractivity contribution is 0.391. The van der Waals surface area contributed by atoms with Crippen LogP contribution < -0.4 is 5.32 Å². The Morgan fingerprint density at radius 3 is 2.80 bits per heavy atom. The number of hydrogen-bond acceptors (Lipinski definition) is 3. The molecule has 1 rings (SSSR count). The van der Waals surface area contributed by atoms with E-state index < -0.39 is 5.82 Å². The lowest BCUT2D eigenvalue weighted by Crippen LogP contribution is -2.30. The minimum Gasteiger partial charge on any atom is -0.364 e. The third kappa shape index (κ3) is 4.01. The van der Waals surface area contributed by atoms with E-state index in [9.17, 15) is 4.39 Å². The van der Waals surface area contributed by atoms with E-state index in [0.717, 1.165) is 6.54 Å². The zero-order chi connectivity index (χ0) is 11.4. The summed E-state index contributed by atoms with van der Waals surface area (Å²) in [5.41, 5.74) is 0. The minimum atomic E-state index is -0.423. The molecule has 0 radical (unpaired) electrons. The van der Waals surface area contributed by atoms with Crippen molar-refractivity contribution in [3.8, 4) is 0 Å². The van der Waals surface area contributed by atoms with Gasteiger partial charge in [0, 0.05) is 18.8 Å². The Bertz CT molecular complexity index is 330. The summed E-state index contributed by atoms with van der Waals surface area (Å²) < 4.78 is 13.3. The van der Waals surface area contributed by atoms with Gasteiger partial charge in [-0.3, -0.25) is 0 Å². The summed E-state index contributed by atoms with van der Waals surface area (Å²) in [5, 5.41) is 3.29. The van der Waals surface area contributed by atoms with Gasteiger partial charge in [-0.25, -0.2) is 9.37 Å². The van der Waals surface area contributed by atoms with E-state index in [-0.39, 0.29) is 11.9 Å². The molecule has 0 spiro atoms. The lowest BCUT2D eigenvalue weighted by atomic mass is 10.3. The standard InChI is InChI=1S/C10H15ClFN3/c1-7(6-15(2)3)14-10-9(12)4-8(11)5-13-10/h4-5,7H,6H2,1-3H3,(H,13,14). The SMILES string of the molecule is CC(CN(C)C)Nc1ncc(Cl)cc1F.